The van der Waals surface area contributed by atoms with Gasteiger partial charge in [-0.25, -0.2) is 9.59 Å². The number of carboxylic acids is 2. The van der Waals surface area contributed by atoms with Crippen LogP contribution in [0.25, 0.3) is 75.8 Å². The molecule has 6 nitrogen and oxygen atoms in total. The topological polar surface area (TPSA) is 93.1 Å². The van der Waals surface area contributed by atoms with Crippen LogP contribution in [0.5, 0.6) is 11.5 Å². The van der Waals surface area contributed by atoms with Crippen LogP contribution in [0.1, 0.15) is 52.7 Å². The highest BCUT2D eigenvalue weighted by Gasteiger charge is 2.26. The summed E-state index contributed by atoms with van der Waals surface area (Å²) in [6, 6.07) is 29.6. The zero-order valence-corrected chi connectivity index (χ0v) is 29.0. The summed E-state index contributed by atoms with van der Waals surface area (Å²) in [4.78, 5) is 23.8. The van der Waals surface area contributed by atoms with E-state index in [-0.39, 0.29) is 10.8 Å². The van der Waals surface area contributed by atoms with Crippen LogP contribution in [0.3, 0.4) is 0 Å². The highest BCUT2D eigenvalue weighted by molar-refractivity contribution is 6.31. The van der Waals surface area contributed by atoms with Crippen molar-refractivity contribution in [2.75, 3.05) is 13.2 Å². The van der Waals surface area contributed by atoms with Gasteiger partial charge in [-0.1, -0.05) is 114 Å². The third kappa shape index (κ3) is 5.01. The summed E-state index contributed by atoms with van der Waals surface area (Å²) in [6.07, 6.45) is 0. The summed E-state index contributed by atoms with van der Waals surface area (Å²) in [7, 11) is 0. The van der Waals surface area contributed by atoms with Gasteiger partial charge >= 0.3 is 11.9 Å². The van der Waals surface area contributed by atoms with Crippen molar-refractivity contribution in [1.29, 1.82) is 0 Å². The fraction of sp³-hybridized carbons (Fsp3) is 0.227. The highest BCUT2D eigenvalue weighted by atomic mass is 16.5. The molecular formula is C44H38O6. The Morgan fingerprint density at radius 2 is 0.780 bits per heavy atom. The predicted octanol–water partition coefficient (Wildman–Crippen LogP) is 10.7. The van der Waals surface area contributed by atoms with Crippen molar-refractivity contribution in [3.8, 4) is 22.6 Å². The molecule has 8 aromatic carbocycles. The smallest absolute Gasteiger partial charge is 0.341 e. The number of carbonyl (C=O) groups is 2. The Bertz CT molecular complexity index is 2450. The first-order valence-corrected chi connectivity index (χ1v) is 16.9. The van der Waals surface area contributed by atoms with Crippen molar-refractivity contribution in [2.24, 2.45) is 0 Å². The quantitative estimate of drug-likeness (QED) is 0.165. The number of hydrogen-bond acceptors (Lipinski definition) is 4. The van der Waals surface area contributed by atoms with Crippen LogP contribution in [0, 0.1) is 0 Å². The lowest BCUT2D eigenvalue weighted by molar-refractivity contribution is -0.140. The van der Waals surface area contributed by atoms with Gasteiger partial charge in [-0.05, 0) is 98.7 Å². The average Bonchev–Trinajstić information content (AvgIpc) is 3.06. The van der Waals surface area contributed by atoms with Gasteiger partial charge in [0.25, 0.3) is 0 Å². The van der Waals surface area contributed by atoms with E-state index in [9.17, 15) is 19.8 Å². The molecule has 0 aliphatic heterocycles. The molecule has 8 aromatic rings. The van der Waals surface area contributed by atoms with Gasteiger partial charge in [0, 0.05) is 11.1 Å². The zero-order chi connectivity index (χ0) is 35.3. The van der Waals surface area contributed by atoms with E-state index < -0.39 is 25.2 Å². The molecule has 2 N–H and O–H groups in total. The maximum atomic E-state index is 11.9. The standard InChI is InChI=1S/C44H38O6/c1-43(2,3)29-15-23-7-9-27-19-33(49-21-35(45)46)41(31-13-11-25(17-29)37(23)39(27)31)42-32-14-12-26-18-30(44(4,5)6)16-24-8-10-28(40(32)38(24)26)20-34(42)50-22-36(47)48/h7-20H,21-22H2,1-6H3,(H,45,46)(H,47,48). The van der Waals surface area contributed by atoms with Gasteiger partial charge in [0.05, 0.1) is 0 Å². The molecule has 0 saturated carbocycles. The van der Waals surface area contributed by atoms with Crippen LogP contribution >= 0.6 is 0 Å². The third-order valence-corrected chi connectivity index (χ3v) is 10.0. The van der Waals surface area contributed by atoms with Crippen molar-refractivity contribution in [3.63, 3.8) is 0 Å². The summed E-state index contributed by atoms with van der Waals surface area (Å²) in [5.74, 6) is -1.41. The second-order valence-electron chi connectivity index (χ2n) is 15.5. The summed E-state index contributed by atoms with van der Waals surface area (Å²) >= 11 is 0. The van der Waals surface area contributed by atoms with Crippen LogP contribution in [0.2, 0.25) is 0 Å². The molecule has 0 aliphatic rings. The molecule has 50 heavy (non-hydrogen) atoms. The zero-order valence-electron chi connectivity index (χ0n) is 29.0. The monoisotopic (exact) mass is 662 g/mol. The first-order valence-electron chi connectivity index (χ1n) is 16.9. The van der Waals surface area contributed by atoms with Gasteiger partial charge in [0.1, 0.15) is 11.5 Å². The minimum Gasteiger partial charge on any atom is -0.481 e. The molecule has 0 bridgehead atoms. The van der Waals surface area contributed by atoms with E-state index in [2.05, 4.69) is 114 Å². The molecule has 0 atom stereocenters. The molecule has 0 saturated heterocycles. The number of aliphatic carboxylic acids is 2. The van der Waals surface area contributed by atoms with E-state index in [1.165, 1.54) is 11.1 Å². The van der Waals surface area contributed by atoms with Crippen LogP contribution < -0.4 is 9.47 Å². The molecule has 0 spiro atoms. The Morgan fingerprint density at radius 1 is 0.480 bits per heavy atom. The largest absolute Gasteiger partial charge is 0.481 e. The van der Waals surface area contributed by atoms with Gasteiger partial charge in [-0.2, -0.15) is 0 Å². The number of rotatable bonds is 7. The van der Waals surface area contributed by atoms with Crippen LogP contribution in [-0.2, 0) is 20.4 Å². The fourth-order valence-electron chi connectivity index (χ4n) is 7.62. The predicted molar refractivity (Wildman–Crippen MR) is 203 cm³/mol. The Morgan fingerprint density at radius 3 is 1.08 bits per heavy atom. The maximum Gasteiger partial charge on any atom is 0.341 e. The van der Waals surface area contributed by atoms with E-state index in [1.54, 1.807) is 0 Å². The van der Waals surface area contributed by atoms with Crippen LogP contribution in [-0.4, -0.2) is 35.4 Å². The van der Waals surface area contributed by atoms with E-state index in [0.717, 1.165) is 64.6 Å². The summed E-state index contributed by atoms with van der Waals surface area (Å²) < 4.78 is 12.2. The Hall–Kier alpha value is -5.62. The number of ether oxygens (including phenoxy) is 2. The number of benzene rings is 8. The molecular weight excluding hydrogens is 624 g/mol. The second kappa shape index (κ2) is 10.9. The van der Waals surface area contributed by atoms with E-state index in [1.807, 2.05) is 12.1 Å². The van der Waals surface area contributed by atoms with Crippen molar-refractivity contribution in [2.45, 2.75) is 52.4 Å². The SMILES string of the molecule is CC(C)(C)c1cc2ccc3cc(OCC(=O)O)c(-c4c(OCC(=O)O)cc5ccc6cc(C(C)(C)C)cc7ccc4c5c67)c4ccc(c1)c2c34. The van der Waals surface area contributed by atoms with Crippen LogP contribution in [0.15, 0.2) is 84.9 Å². The van der Waals surface area contributed by atoms with Crippen molar-refractivity contribution >= 4 is 76.6 Å². The first kappa shape index (κ1) is 31.6. The molecule has 0 radical (unpaired) electrons. The molecule has 0 heterocycles. The van der Waals surface area contributed by atoms with Crippen LogP contribution in [0.4, 0.5) is 0 Å². The first-order chi connectivity index (χ1) is 23.7. The Kier molecular flexibility index (Phi) is 6.92. The maximum absolute atomic E-state index is 11.9. The van der Waals surface area contributed by atoms with Crippen molar-refractivity contribution in [1.82, 2.24) is 0 Å². The molecule has 0 amide bonds. The molecule has 0 fully saturated rings. The average molecular weight is 663 g/mol. The summed E-state index contributed by atoms with van der Waals surface area (Å²) in [5.41, 5.74) is 3.72. The van der Waals surface area contributed by atoms with Gasteiger partial charge in [0.2, 0.25) is 0 Å². The molecule has 6 heteroatoms. The lowest BCUT2D eigenvalue weighted by Gasteiger charge is -2.25. The second-order valence-corrected chi connectivity index (χ2v) is 15.5. The molecule has 250 valence electrons. The third-order valence-electron chi connectivity index (χ3n) is 10.0. The number of hydrogen-bond donors (Lipinski definition) is 2. The summed E-state index contributed by atoms with van der Waals surface area (Å²) in [5, 5.41) is 31.8. The highest BCUT2D eigenvalue weighted by Crippen LogP contribution is 2.52. The molecule has 0 aromatic heterocycles. The van der Waals surface area contributed by atoms with Gasteiger partial charge in [-0.3, -0.25) is 0 Å². The van der Waals surface area contributed by atoms with Gasteiger partial charge < -0.3 is 19.7 Å². The van der Waals surface area contributed by atoms with Crippen molar-refractivity contribution < 1.29 is 29.3 Å². The van der Waals surface area contributed by atoms with Gasteiger partial charge in [0.15, 0.2) is 13.2 Å². The summed E-state index contributed by atoms with van der Waals surface area (Å²) in [6.45, 7) is 12.2. The van der Waals surface area contributed by atoms with E-state index in [0.29, 0.717) is 22.6 Å². The fourth-order valence-corrected chi connectivity index (χ4v) is 7.62. The van der Waals surface area contributed by atoms with Gasteiger partial charge in [-0.15, -0.1) is 0 Å². The number of carboxylic acid groups (broad SMARTS) is 2. The molecule has 0 aliphatic carbocycles. The minimum absolute atomic E-state index is 0.0425. The molecule has 0 unspecified atom stereocenters. The minimum atomic E-state index is -1.09. The molecule has 8 rings (SSSR count). The van der Waals surface area contributed by atoms with Crippen molar-refractivity contribution in [3.05, 3.63) is 96.1 Å². The van der Waals surface area contributed by atoms with E-state index in [4.69, 9.17) is 9.47 Å². The Balaban J connectivity index is 1.53. The lowest BCUT2D eigenvalue weighted by Crippen LogP contribution is -2.12. The normalized spacial score (nSPS) is 12.7. The Labute approximate surface area is 289 Å². The van der Waals surface area contributed by atoms with E-state index >= 15 is 0 Å². The lowest BCUT2D eigenvalue weighted by atomic mass is 9.81.